The zero-order valence-electron chi connectivity index (χ0n) is 12.1. The lowest BCUT2D eigenvalue weighted by Gasteiger charge is -2.32. The van der Waals surface area contributed by atoms with Crippen LogP contribution < -0.4 is 0 Å². The molecule has 0 bridgehead atoms. The SMILES string of the molecule is O=C(O)[C@H]1CCCCN1C(=O)CC/C=C/c1ccccc1. The molecule has 1 saturated heterocycles. The van der Waals surface area contributed by atoms with E-state index in [1.807, 2.05) is 42.5 Å². The van der Waals surface area contributed by atoms with Gasteiger partial charge >= 0.3 is 5.97 Å². The number of likely N-dealkylation sites (tertiary alicyclic amines) is 1. The monoisotopic (exact) mass is 287 g/mol. The van der Waals surface area contributed by atoms with Crippen molar-refractivity contribution < 1.29 is 14.7 Å². The minimum absolute atomic E-state index is 0.0557. The molecule has 1 amide bonds. The van der Waals surface area contributed by atoms with Crippen molar-refractivity contribution in [3.63, 3.8) is 0 Å². The van der Waals surface area contributed by atoms with Gasteiger partial charge in [0.15, 0.2) is 0 Å². The van der Waals surface area contributed by atoms with Gasteiger partial charge in [0.2, 0.25) is 5.91 Å². The number of carbonyl (C=O) groups excluding carboxylic acids is 1. The van der Waals surface area contributed by atoms with Crippen LogP contribution in [-0.2, 0) is 9.59 Å². The van der Waals surface area contributed by atoms with Gasteiger partial charge in [-0.1, -0.05) is 42.5 Å². The van der Waals surface area contributed by atoms with Gasteiger partial charge in [0.25, 0.3) is 0 Å². The Hall–Kier alpha value is -2.10. The van der Waals surface area contributed by atoms with Crippen molar-refractivity contribution in [3.05, 3.63) is 42.0 Å². The summed E-state index contributed by atoms with van der Waals surface area (Å²) in [5.41, 5.74) is 1.10. The van der Waals surface area contributed by atoms with Crippen molar-refractivity contribution in [1.29, 1.82) is 0 Å². The van der Waals surface area contributed by atoms with Crippen LogP contribution in [0.15, 0.2) is 36.4 Å². The van der Waals surface area contributed by atoms with Crippen LogP contribution in [0.1, 0.15) is 37.7 Å². The molecule has 0 aromatic heterocycles. The molecule has 4 nitrogen and oxygen atoms in total. The van der Waals surface area contributed by atoms with Crippen molar-refractivity contribution in [1.82, 2.24) is 4.90 Å². The van der Waals surface area contributed by atoms with Crippen molar-refractivity contribution in [3.8, 4) is 0 Å². The zero-order valence-corrected chi connectivity index (χ0v) is 12.1. The fourth-order valence-corrected chi connectivity index (χ4v) is 2.62. The first-order valence-electron chi connectivity index (χ1n) is 7.42. The number of amides is 1. The van der Waals surface area contributed by atoms with Gasteiger partial charge in [0.1, 0.15) is 6.04 Å². The van der Waals surface area contributed by atoms with Crippen LogP contribution in [0.3, 0.4) is 0 Å². The lowest BCUT2D eigenvalue weighted by Crippen LogP contribution is -2.47. The average molecular weight is 287 g/mol. The van der Waals surface area contributed by atoms with E-state index in [9.17, 15) is 9.59 Å². The zero-order chi connectivity index (χ0) is 15.1. The third-order valence-electron chi connectivity index (χ3n) is 3.74. The number of carboxylic acids is 1. The van der Waals surface area contributed by atoms with Crippen LogP contribution in [0.5, 0.6) is 0 Å². The van der Waals surface area contributed by atoms with E-state index in [0.29, 0.717) is 25.8 Å². The van der Waals surface area contributed by atoms with E-state index in [1.165, 1.54) is 4.90 Å². The first-order valence-corrected chi connectivity index (χ1v) is 7.42. The lowest BCUT2D eigenvalue weighted by atomic mass is 10.0. The standard InChI is InChI=1S/C17H21NO3/c19-16(18-13-7-6-11-15(18)17(20)21)12-5-4-10-14-8-2-1-3-9-14/h1-4,8-10,15H,5-7,11-13H2,(H,20,21)/b10-4+/t15-/m1/s1. The van der Waals surface area contributed by atoms with Crippen LogP contribution in [0, 0.1) is 0 Å². The molecule has 0 aliphatic carbocycles. The normalized spacial score (nSPS) is 18.9. The van der Waals surface area contributed by atoms with Gasteiger partial charge < -0.3 is 10.0 Å². The summed E-state index contributed by atoms with van der Waals surface area (Å²) in [6.07, 6.45) is 7.31. The number of carboxylic acid groups (broad SMARTS) is 1. The quantitative estimate of drug-likeness (QED) is 0.905. The number of aliphatic carboxylic acids is 1. The maximum Gasteiger partial charge on any atom is 0.326 e. The highest BCUT2D eigenvalue weighted by Crippen LogP contribution is 2.18. The van der Waals surface area contributed by atoms with Crippen molar-refractivity contribution in [2.45, 2.75) is 38.1 Å². The molecule has 1 aromatic rings. The van der Waals surface area contributed by atoms with Gasteiger partial charge in [-0.05, 0) is 31.2 Å². The first kappa shape index (κ1) is 15.3. The summed E-state index contributed by atoms with van der Waals surface area (Å²) in [5.74, 6) is -0.942. The summed E-state index contributed by atoms with van der Waals surface area (Å²) in [6, 6.07) is 9.27. The molecule has 1 atom stereocenters. The van der Waals surface area contributed by atoms with E-state index >= 15 is 0 Å². The Morgan fingerprint density at radius 3 is 2.71 bits per heavy atom. The number of carbonyl (C=O) groups is 2. The summed E-state index contributed by atoms with van der Waals surface area (Å²) < 4.78 is 0. The molecule has 1 aromatic carbocycles. The highest BCUT2D eigenvalue weighted by Gasteiger charge is 2.31. The molecule has 112 valence electrons. The smallest absolute Gasteiger partial charge is 0.326 e. The average Bonchev–Trinajstić information content (AvgIpc) is 2.52. The van der Waals surface area contributed by atoms with Crippen LogP contribution in [-0.4, -0.2) is 34.5 Å². The first-order chi connectivity index (χ1) is 10.2. The number of hydrogen-bond acceptors (Lipinski definition) is 2. The molecule has 1 aliphatic heterocycles. The van der Waals surface area contributed by atoms with Gasteiger partial charge in [-0.15, -0.1) is 0 Å². The third-order valence-corrected chi connectivity index (χ3v) is 3.74. The topological polar surface area (TPSA) is 57.6 Å². The molecule has 4 heteroatoms. The predicted molar refractivity (Wildman–Crippen MR) is 81.7 cm³/mol. The van der Waals surface area contributed by atoms with Gasteiger partial charge in [-0.25, -0.2) is 4.79 Å². The molecule has 1 aliphatic rings. The lowest BCUT2D eigenvalue weighted by molar-refractivity contribution is -0.152. The van der Waals surface area contributed by atoms with E-state index in [0.717, 1.165) is 18.4 Å². The summed E-state index contributed by atoms with van der Waals surface area (Å²) in [4.78, 5) is 24.9. The molecule has 0 saturated carbocycles. The molecule has 0 unspecified atom stereocenters. The molecular weight excluding hydrogens is 266 g/mol. The Kier molecular flexibility index (Phi) is 5.55. The number of piperidine rings is 1. The van der Waals surface area contributed by atoms with E-state index in [4.69, 9.17) is 5.11 Å². The van der Waals surface area contributed by atoms with E-state index < -0.39 is 12.0 Å². The predicted octanol–water partition coefficient (Wildman–Crippen LogP) is 2.95. The maximum atomic E-state index is 12.2. The van der Waals surface area contributed by atoms with Gasteiger partial charge in [-0.2, -0.15) is 0 Å². The Morgan fingerprint density at radius 1 is 1.24 bits per heavy atom. The van der Waals surface area contributed by atoms with Gasteiger partial charge in [0, 0.05) is 13.0 Å². The molecule has 1 fully saturated rings. The Labute approximate surface area is 125 Å². The van der Waals surface area contributed by atoms with Crippen LogP contribution in [0.4, 0.5) is 0 Å². The van der Waals surface area contributed by atoms with E-state index in [-0.39, 0.29) is 5.91 Å². The largest absolute Gasteiger partial charge is 0.480 e. The van der Waals surface area contributed by atoms with E-state index in [2.05, 4.69) is 0 Å². The Bertz CT molecular complexity index is 510. The summed E-state index contributed by atoms with van der Waals surface area (Å²) >= 11 is 0. The number of benzene rings is 1. The molecule has 0 spiro atoms. The summed E-state index contributed by atoms with van der Waals surface area (Å²) in [7, 11) is 0. The molecule has 0 radical (unpaired) electrons. The third kappa shape index (κ3) is 4.45. The highest BCUT2D eigenvalue weighted by molar-refractivity contribution is 5.84. The second-order valence-corrected chi connectivity index (χ2v) is 5.29. The molecule has 21 heavy (non-hydrogen) atoms. The Morgan fingerprint density at radius 2 is 2.00 bits per heavy atom. The summed E-state index contributed by atoms with van der Waals surface area (Å²) in [6.45, 7) is 0.568. The van der Waals surface area contributed by atoms with Crippen molar-refractivity contribution in [2.75, 3.05) is 6.54 Å². The second-order valence-electron chi connectivity index (χ2n) is 5.29. The van der Waals surface area contributed by atoms with Crippen LogP contribution in [0.2, 0.25) is 0 Å². The molecule has 2 rings (SSSR count). The maximum absolute atomic E-state index is 12.2. The van der Waals surface area contributed by atoms with Gasteiger partial charge in [0.05, 0.1) is 0 Å². The minimum atomic E-state index is -0.886. The fraction of sp³-hybridized carbons (Fsp3) is 0.412. The number of rotatable bonds is 5. The van der Waals surface area contributed by atoms with Crippen molar-refractivity contribution in [2.24, 2.45) is 0 Å². The van der Waals surface area contributed by atoms with Crippen LogP contribution in [0.25, 0.3) is 6.08 Å². The number of allylic oxidation sites excluding steroid dienone is 1. The highest BCUT2D eigenvalue weighted by atomic mass is 16.4. The molecule has 1 heterocycles. The van der Waals surface area contributed by atoms with Gasteiger partial charge in [-0.3, -0.25) is 4.79 Å². The van der Waals surface area contributed by atoms with E-state index in [1.54, 1.807) is 0 Å². The second kappa shape index (κ2) is 7.62. The fourth-order valence-electron chi connectivity index (χ4n) is 2.62. The van der Waals surface area contributed by atoms with Crippen LogP contribution >= 0.6 is 0 Å². The Balaban J connectivity index is 1.83. The number of nitrogens with zero attached hydrogens (tertiary/aromatic N) is 1. The summed E-state index contributed by atoms with van der Waals surface area (Å²) in [5, 5.41) is 9.17. The molecular formula is C17H21NO3. The molecule has 1 N–H and O–H groups in total. The number of hydrogen-bond donors (Lipinski definition) is 1. The van der Waals surface area contributed by atoms with Crippen molar-refractivity contribution >= 4 is 18.0 Å². The minimum Gasteiger partial charge on any atom is -0.480 e.